The van der Waals surface area contributed by atoms with Crippen LogP contribution in [0.1, 0.15) is 0 Å². The Kier molecular flexibility index (Phi) is 65.1. The fourth-order valence-electron chi connectivity index (χ4n) is 0. The predicted octanol–water partition coefficient (Wildman–Crippen LogP) is -0.767. The third kappa shape index (κ3) is 8.91. The molecule has 0 atom stereocenters. The van der Waals surface area contributed by atoms with Gasteiger partial charge in [-0.25, -0.2) is 0 Å². The van der Waals surface area contributed by atoms with Crippen molar-refractivity contribution >= 4 is 16.2 Å². The van der Waals surface area contributed by atoms with Crippen LogP contribution in [0.25, 0.3) is 0 Å². The second-order valence-corrected chi connectivity index (χ2v) is 0. The first-order chi connectivity index (χ1) is 1.00. The van der Waals surface area contributed by atoms with Gasteiger partial charge in [0.2, 0.25) is 0 Å². The van der Waals surface area contributed by atoms with E-state index >= 15 is 0 Å². The van der Waals surface area contributed by atoms with Gasteiger partial charge in [0, 0.05) is 83.0 Å². The van der Waals surface area contributed by atoms with Gasteiger partial charge < -0.3 is 0 Å². The van der Waals surface area contributed by atoms with Crippen molar-refractivity contribution in [3.63, 3.8) is 0 Å². The van der Waals surface area contributed by atoms with Gasteiger partial charge in [0.1, 0.15) is 0 Å². The molecule has 17 valence electrons. The normalized spacial score (nSPS) is 0.750. The molecule has 0 saturated heterocycles. The van der Waals surface area contributed by atoms with Gasteiger partial charge in [-0.3, -0.25) is 0 Å². The van der Waals surface area contributed by atoms with E-state index in [-0.39, 0.29) is 83.0 Å². The first-order valence-electron chi connectivity index (χ1n) is 0.289. The summed E-state index contributed by atoms with van der Waals surface area (Å²) < 4.78 is 8.28. The largest absolute Gasteiger partial charge is 0 e. The second kappa shape index (κ2) is 16.6. The van der Waals surface area contributed by atoms with E-state index < -0.39 is 0 Å². The van der Waals surface area contributed by atoms with E-state index in [9.17, 15) is 0 Å². The van der Waals surface area contributed by atoms with Crippen LogP contribution in [0.2, 0.25) is 0 Å². The molecular formula is HAlCeOPr. The maximum atomic E-state index is 8.28. The van der Waals surface area contributed by atoms with Crippen molar-refractivity contribution in [2.45, 2.75) is 0 Å². The Morgan fingerprint density at radius 1 is 1.25 bits per heavy atom. The Labute approximate surface area is 100 Å². The molecule has 0 bridgehead atoms. The second-order valence-electron chi connectivity index (χ2n) is 0. The van der Waals surface area contributed by atoms with Gasteiger partial charge in [-0.1, -0.05) is 0 Å². The summed E-state index contributed by atoms with van der Waals surface area (Å²) in [6.45, 7) is 0. The third-order valence-electron chi connectivity index (χ3n) is 0. The molecule has 0 saturated carbocycles. The molecule has 0 N–H and O–H groups in total. The van der Waals surface area contributed by atoms with Gasteiger partial charge in [0.05, 0.1) is 0 Å². The third-order valence-corrected chi connectivity index (χ3v) is 0. The Balaban J connectivity index is -0.00000000500. The van der Waals surface area contributed by atoms with Crippen molar-refractivity contribution in [1.82, 2.24) is 0 Å². The average Bonchev–Trinajstić information content (AvgIpc) is 1.00. The van der Waals surface area contributed by atoms with E-state index in [4.69, 9.17) is 3.80 Å². The molecule has 1 nitrogen and oxygen atoms in total. The Morgan fingerprint density at radius 3 is 1.25 bits per heavy atom. The van der Waals surface area contributed by atoms with Crippen LogP contribution in [0.4, 0.5) is 0 Å². The zero-order valence-corrected chi connectivity index (χ0v) is 10.5. The summed E-state index contributed by atoms with van der Waals surface area (Å²) in [6.07, 6.45) is 0. The van der Waals surface area contributed by atoms with E-state index in [1.807, 2.05) is 0 Å². The van der Waals surface area contributed by atoms with Gasteiger partial charge in [-0.2, -0.15) is 0 Å². The summed E-state index contributed by atoms with van der Waals surface area (Å²) in [5.41, 5.74) is 0. The molecule has 0 aromatic rings. The predicted molar refractivity (Wildman–Crippen MR) is 7.84 cm³/mol. The minimum atomic E-state index is 0. The molecule has 0 rings (SSSR count). The summed E-state index contributed by atoms with van der Waals surface area (Å²) in [7, 11) is 0. The molecule has 0 spiro atoms. The molecule has 0 unspecified atom stereocenters. The first kappa shape index (κ1) is 15.7. The van der Waals surface area contributed by atoms with Gasteiger partial charge >= 0.3 is 20.0 Å². The monoisotopic (exact) mass is 325 g/mol. The van der Waals surface area contributed by atoms with E-state index in [1.54, 1.807) is 0 Å². The summed E-state index contributed by atoms with van der Waals surface area (Å²) in [4.78, 5) is 0. The molecule has 4 heavy (non-hydrogen) atoms. The van der Waals surface area contributed by atoms with Crippen LogP contribution in [0.15, 0.2) is 0 Å². The van der Waals surface area contributed by atoms with Crippen molar-refractivity contribution in [3.8, 4) is 0 Å². The molecule has 0 aliphatic rings. The van der Waals surface area contributed by atoms with E-state index in [0.29, 0.717) is 16.2 Å². The van der Waals surface area contributed by atoms with Crippen molar-refractivity contribution in [2.75, 3.05) is 0 Å². The minimum absolute atomic E-state index is 0. The molecule has 0 fully saturated rings. The van der Waals surface area contributed by atoms with Gasteiger partial charge in [0.15, 0.2) is 0 Å². The van der Waals surface area contributed by atoms with Crippen LogP contribution in [0.3, 0.4) is 0 Å². The number of hydrogen-bond acceptors (Lipinski definition) is 1. The fraction of sp³-hybridized carbons (Fsp3) is 0. The summed E-state index contributed by atoms with van der Waals surface area (Å²) in [6, 6.07) is 0. The van der Waals surface area contributed by atoms with Crippen LogP contribution < -0.4 is 0 Å². The maximum absolute atomic E-state index is 8.28. The molecule has 0 aromatic heterocycles. The van der Waals surface area contributed by atoms with Crippen LogP contribution in [-0.4, -0.2) is 16.2 Å². The van der Waals surface area contributed by atoms with Gasteiger partial charge in [-0.15, -0.1) is 0 Å². The van der Waals surface area contributed by atoms with Crippen molar-refractivity contribution in [2.24, 2.45) is 0 Å². The zero-order valence-electron chi connectivity index (χ0n) is 2.19. The minimum Gasteiger partial charge on any atom is 0 e. The summed E-state index contributed by atoms with van der Waals surface area (Å²) >= 11 is 0.611. The Bertz CT molecular complexity index is 8.00. The quantitative estimate of drug-likeness (QED) is 0.535. The van der Waals surface area contributed by atoms with Crippen LogP contribution in [-0.2, 0) is 3.80 Å². The summed E-state index contributed by atoms with van der Waals surface area (Å²) in [5.74, 6) is 0. The van der Waals surface area contributed by atoms with Crippen LogP contribution in [0.5, 0.6) is 0 Å². The number of rotatable bonds is 0. The van der Waals surface area contributed by atoms with Gasteiger partial charge in [0.25, 0.3) is 0 Å². The standard InChI is InChI=1S/Al.Ce.O.Pr.H. The molecule has 0 amide bonds. The molecule has 0 aromatic carbocycles. The maximum Gasteiger partial charge on any atom is 0 e. The van der Waals surface area contributed by atoms with E-state index in [2.05, 4.69) is 0 Å². The first-order valence-corrected chi connectivity index (χ1v) is 0.866. The fourth-order valence-corrected chi connectivity index (χ4v) is 0. The molecule has 0 aliphatic heterocycles. The van der Waals surface area contributed by atoms with Gasteiger partial charge in [-0.05, 0) is 0 Å². The summed E-state index contributed by atoms with van der Waals surface area (Å²) in [5, 5.41) is 0. The SMILES string of the molecule is [Ce].[O]=[AlH].[Pr]. The Hall–Kier alpha value is 3.07. The zero-order chi connectivity index (χ0) is 2.00. The molecule has 0 aliphatic carbocycles. The topological polar surface area (TPSA) is 17.1 Å². The van der Waals surface area contributed by atoms with Crippen LogP contribution >= 0.6 is 0 Å². The average molecular weight is 325 g/mol. The van der Waals surface area contributed by atoms with Crippen molar-refractivity contribution < 1.29 is 86.8 Å². The van der Waals surface area contributed by atoms with E-state index in [0.717, 1.165) is 0 Å². The smallest absolute Gasteiger partial charge is 0 e. The molecule has 0 heterocycles. The molecular weight excluding hydrogens is 324 g/mol. The van der Waals surface area contributed by atoms with E-state index in [1.165, 1.54) is 0 Å². The van der Waals surface area contributed by atoms with Crippen molar-refractivity contribution in [3.05, 3.63) is 0 Å². The molecule has 4 heteroatoms. The Morgan fingerprint density at radius 2 is 1.25 bits per heavy atom. The molecule has 1 radical (unpaired) electrons. The number of hydrogen-bond donors (Lipinski definition) is 0. The van der Waals surface area contributed by atoms with Crippen LogP contribution in [0, 0.1) is 83.0 Å². The van der Waals surface area contributed by atoms with Crippen molar-refractivity contribution in [1.29, 1.82) is 0 Å².